The fraction of sp³-hybridized carbons (Fsp3) is 0.350. The van der Waals surface area contributed by atoms with Crippen molar-refractivity contribution in [2.24, 2.45) is 4.99 Å². The molecule has 3 N–H and O–H groups in total. The molecule has 2 aromatic rings. The van der Waals surface area contributed by atoms with Crippen LogP contribution in [0.5, 0.6) is 5.75 Å². The Hall–Kier alpha value is -2.24. The fourth-order valence-corrected chi connectivity index (χ4v) is 2.60. The normalized spacial score (nSPS) is 13.8. The van der Waals surface area contributed by atoms with Gasteiger partial charge in [-0.15, -0.1) is 0 Å². The molecule has 2 atom stereocenters. The number of benzene rings is 2. The fourth-order valence-electron chi connectivity index (χ4n) is 2.47. The van der Waals surface area contributed by atoms with Crippen LogP contribution in [0, 0.1) is 0 Å². The summed E-state index contributed by atoms with van der Waals surface area (Å²) in [6, 6.07) is 15.1. The van der Waals surface area contributed by atoms with Gasteiger partial charge in [-0.05, 0) is 49.2 Å². The van der Waals surface area contributed by atoms with Crippen LogP contribution in [0.3, 0.4) is 0 Å². The van der Waals surface area contributed by atoms with E-state index in [4.69, 9.17) is 16.3 Å². The summed E-state index contributed by atoms with van der Waals surface area (Å²) in [4.78, 5) is 4.50. The van der Waals surface area contributed by atoms with Gasteiger partial charge in [-0.1, -0.05) is 35.9 Å². The van der Waals surface area contributed by atoms with E-state index in [1.165, 1.54) is 0 Å². The Balaban J connectivity index is 2.01. The Morgan fingerprint density at radius 3 is 2.31 bits per heavy atom. The highest BCUT2D eigenvalue weighted by Crippen LogP contribution is 2.18. The maximum atomic E-state index is 10.4. The van der Waals surface area contributed by atoms with E-state index in [0.717, 1.165) is 23.4 Å². The molecule has 0 radical (unpaired) electrons. The van der Waals surface area contributed by atoms with Crippen molar-refractivity contribution in [3.8, 4) is 5.75 Å². The van der Waals surface area contributed by atoms with E-state index in [9.17, 15) is 5.11 Å². The summed E-state index contributed by atoms with van der Waals surface area (Å²) in [5, 5.41) is 17.6. The quantitative estimate of drug-likeness (QED) is 0.510. The standard InChI is InChI=1S/C20H26ClN3O2/c1-4-22-20(24-14(2)15-5-9-17(21)10-6-15)23-13-19(25)16-7-11-18(26-3)12-8-16/h5-12,14,19,25H,4,13H2,1-3H3,(H2,22,23,24). The number of methoxy groups -OCH3 is 1. The van der Waals surface area contributed by atoms with Crippen LogP contribution in [0.4, 0.5) is 0 Å². The van der Waals surface area contributed by atoms with E-state index in [1.807, 2.05) is 55.5 Å². The zero-order valence-corrected chi connectivity index (χ0v) is 16.1. The van der Waals surface area contributed by atoms with Crippen LogP contribution in [-0.4, -0.2) is 31.3 Å². The lowest BCUT2D eigenvalue weighted by Gasteiger charge is -2.19. The summed E-state index contributed by atoms with van der Waals surface area (Å²) in [5.41, 5.74) is 1.91. The molecule has 0 bridgehead atoms. The average Bonchev–Trinajstić information content (AvgIpc) is 2.66. The van der Waals surface area contributed by atoms with Crippen LogP contribution in [0.25, 0.3) is 0 Å². The molecule has 26 heavy (non-hydrogen) atoms. The van der Waals surface area contributed by atoms with Gasteiger partial charge in [-0.25, -0.2) is 0 Å². The summed E-state index contributed by atoms with van der Waals surface area (Å²) < 4.78 is 5.13. The van der Waals surface area contributed by atoms with Crippen molar-refractivity contribution in [2.75, 3.05) is 20.2 Å². The molecule has 2 unspecified atom stereocenters. The Morgan fingerprint density at radius 2 is 1.73 bits per heavy atom. The number of ether oxygens (including phenoxy) is 1. The molecule has 0 aliphatic heterocycles. The van der Waals surface area contributed by atoms with Crippen molar-refractivity contribution >= 4 is 17.6 Å². The van der Waals surface area contributed by atoms with Crippen molar-refractivity contribution in [3.05, 3.63) is 64.7 Å². The van der Waals surface area contributed by atoms with Crippen molar-refractivity contribution in [3.63, 3.8) is 0 Å². The van der Waals surface area contributed by atoms with Gasteiger partial charge in [0.25, 0.3) is 0 Å². The van der Waals surface area contributed by atoms with Crippen LogP contribution in [0.2, 0.25) is 5.02 Å². The first-order chi connectivity index (χ1) is 12.5. The summed E-state index contributed by atoms with van der Waals surface area (Å²) >= 11 is 5.94. The minimum atomic E-state index is -0.679. The Morgan fingerprint density at radius 1 is 1.12 bits per heavy atom. The van der Waals surface area contributed by atoms with Gasteiger partial charge in [0.15, 0.2) is 5.96 Å². The minimum absolute atomic E-state index is 0.0585. The molecule has 0 fully saturated rings. The van der Waals surface area contributed by atoms with Gasteiger partial charge in [0.2, 0.25) is 0 Å². The minimum Gasteiger partial charge on any atom is -0.497 e. The maximum absolute atomic E-state index is 10.4. The highest BCUT2D eigenvalue weighted by Gasteiger charge is 2.10. The third kappa shape index (κ3) is 5.93. The Kier molecular flexibility index (Phi) is 7.75. The first kappa shape index (κ1) is 20.1. The second kappa shape index (κ2) is 10.0. The zero-order chi connectivity index (χ0) is 18.9. The van der Waals surface area contributed by atoms with Crippen LogP contribution < -0.4 is 15.4 Å². The van der Waals surface area contributed by atoms with Gasteiger partial charge in [-0.2, -0.15) is 0 Å². The molecule has 0 spiro atoms. The van der Waals surface area contributed by atoms with Crippen molar-refractivity contribution in [2.45, 2.75) is 26.0 Å². The highest BCUT2D eigenvalue weighted by atomic mass is 35.5. The molecule has 0 heterocycles. The molecule has 6 heteroatoms. The molecule has 0 aliphatic carbocycles. The van der Waals surface area contributed by atoms with Crippen LogP contribution >= 0.6 is 11.6 Å². The largest absolute Gasteiger partial charge is 0.497 e. The number of hydrogen-bond donors (Lipinski definition) is 3. The Bertz CT molecular complexity index is 702. The van der Waals surface area contributed by atoms with Crippen molar-refractivity contribution < 1.29 is 9.84 Å². The second-order valence-electron chi connectivity index (χ2n) is 5.93. The number of guanidine groups is 1. The molecule has 2 aromatic carbocycles. The molecular formula is C20H26ClN3O2. The van der Waals surface area contributed by atoms with Crippen LogP contribution in [0.1, 0.15) is 37.1 Å². The van der Waals surface area contributed by atoms with E-state index in [0.29, 0.717) is 11.0 Å². The molecular weight excluding hydrogens is 350 g/mol. The predicted octanol–water partition coefficient (Wildman–Crippen LogP) is 3.70. The van der Waals surface area contributed by atoms with Crippen molar-refractivity contribution in [1.82, 2.24) is 10.6 Å². The number of rotatable bonds is 7. The van der Waals surface area contributed by atoms with Crippen LogP contribution in [-0.2, 0) is 0 Å². The summed E-state index contributed by atoms with van der Waals surface area (Å²) in [7, 11) is 1.62. The number of aliphatic hydroxyl groups is 1. The lowest BCUT2D eigenvalue weighted by atomic mass is 10.1. The van der Waals surface area contributed by atoms with Gasteiger partial charge < -0.3 is 20.5 Å². The van der Waals surface area contributed by atoms with Crippen molar-refractivity contribution in [1.29, 1.82) is 0 Å². The number of aliphatic imine (C=N–C) groups is 1. The number of hydrogen-bond acceptors (Lipinski definition) is 3. The predicted molar refractivity (Wildman–Crippen MR) is 107 cm³/mol. The molecule has 2 rings (SSSR count). The van der Waals surface area contributed by atoms with Gasteiger partial charge >= 0.3 is 0 Å². The van der Waals surface area contributed by atoms with Crippen LogP contribution in [0.15, 0.2) is 53.5 Å². The topological polar surface area (TPSA) is 65.9 Å². The lowest BCUT2D eigenvalue weighted by molar-refractivity contribution is 0.187. The van der Waals surface area contributed by atoms with E-state index in [-0.39, 0.29) is 12.6 Å². The summed E-state index contributed by atoms with van der Waals surface area (Å²) in [6.07, 6.45) is -0.679. The third-order valence-electron chi connectivity index (χ3n) is 3.99. The first-order valence-electron chi connectivity index (χ1n) is 8.65. The van der Waals surface area contributed by atoms with E-state index < -0.39 is 6.10 Å². The number of halogens is 1. The van der Waals surface area contributed by atoms with Gasteiger partial charge in [0, 0.05) is 11.6 Å². The Labute approximate surface area is 160 Å². The first-order valence-corrected chi connectivity index (χ1v) is 9.03. The smallest absolute Gasteiger partial charge is 0.191 e. The van der Waals surface area contributed by atoms with Gasteiger partial charge in [0.05, 0.1) is 25.8 Å². The molecule has 0 saturated heterocycles. The molecule has 0 saturated carbocycles. The number of nitrogens with one attached hydrogen (secondary N) is 2. The average molecular weight is 376 g/mol. The zero-order valence-electron chi connectivity index (χ0n) is 15.4. The lowest BCUT2D eigenvalue weighted by Crippen LogP contribution is -2.39. The van der Waals surface area contributed by atoms with E-state index >= 15 is 0 Å². The summed E-state index contributed by atoms with van der Waals surface area (Å²) in [5.74, 6) is 1.42. The van der Waals surface area contributed by atoms with Gasteiger partial charge in [0.1, 0.15) is 5.75 Å². The van der Waals surface area contributed by atoms with E-state index in [2.05, 4.69) is 22.5 Å². The molecule has 0 aromatic heterocycles. The second-order valence-corrected chi connectivity index (χ2v) is 6.36. The van der Waals surface area contributed by atoms with E-state index in [1.54, 1.807) is 7.11 Å². The molecule has 5 nitrogen and oxygen atoms in total. The SMILES string of the molecule is CCNC(=NCC(O)c1ccc(OC)cc1)NC(C)c1ccc(Cl)cc1. The molecule has 140 valence electrons. The summed E-state index contributed by atoms with van der Waals surface area (Å²) in [6.45, 7) is 5.05. The number of aliphatic hydroxyl groups excluding tert-OH is 1. The molecule has 0 amide bonds. The number of nitrogens with zero attached hydrogens (tertiary/aromatic N) is 1. The third-order valence-corrected chi connectivity index (χ3v) is 4.24. The molecule has 0 aliphatic rings. The highest BCUT2D eigenvalue weighted by molar-refractivity contribution is 6.30. The monoisotopic (exact) mass is 375 g/mol. The van der Waals surface area contributed by atoms with Gasteiger partial charge in [-0.3, -0.25) is 4.99 Å². The maximum Gasteiger partial charge on any atom is 0.191 e.